The fraction of sp³-hybridized carbons (Fsp3) is 0.192. The quantitative estimate of drug-likeness (QED) is 0.492. The van der Waals surface area contributed by atoms with Gasteiger partial charge in [-0.3, -0.25) is 9.59 Å². The lowest BCUT2D eigenvalue weighted by Gasteiger charge is -2.22. The average molecular weight is 458 g/mol. The minimum absolute atomic E-state index is 0.178. The molecule has 0 aromatic heterocycles. The molecule has 2 aliphatic heterocycles. The molecule has 2 heterocycles. The lowest BCUT2D eigenvalue weighted by molar-refractivity contribution is -0.141. The number of anilines is 2. The van der Waals surface area contributed by atoms with E-state index in [2.05, 4.69) is 15.7 Å². The van der Waals surface area contributed by atoms with Gasteiger partial charge in [-0.05, 0) is 41.0 Å². The Morgan fingerprint density at radius 1 is 0.971 bits per heavy atom. The first-order valence-electron chi connectivity index (χ1n) is 11.1. The van der Waals surface area contributed by atoms with E-state index in [0.29, 0.717) is 24.4 Å². The van der Waals surface area contributed by atoms with Crippen molar-refractivity contribution in [3.8, 4) is 11.1 Å². The summed E-state index contributed by atoms with van der Waals surface area (Å²) in [7, 11) is 0. The lowest BCUT2D eigenvalue weighted by atomic mass is 9.96. The molecule has 1 amide bonds. The van der Waals surface area contributed by atoms with E-state index < -0.39 is 23.7 Å². The summed E-state index contributed by atoms with van der Waals surface area (Å²) in [6, 6.07) is 19.9. The third kappa shape index (κ3) is 4.22. The molecule has 3 N–H and O–H groups in total. The van der Waals surface area contributed by atoms with Gasteiger partial charge in [0.05, 0.1) is 36.2 Å². The zero-order valence-electron chi connectivity index (χ0n) is 18.3. The smallest absolute Gasteiger partial charge is 0.303 e. The molecule has 0 aliphatic carbocycles. The van der Waals surface area contributed by atoms with Gasteiger partial charge < -0.3 is 15.7 Å². The van der Waals surface area contributed by atoms with Gasteiger partial charge in [-0.2, -0.15) is 5.10 Å². The third-order valence-electron chi connectivity index (χ3n) is 6.09. The number of hydrogen-bond acceptors (Lipinski definition) is 5. The number of nitrogens with one attached hydrogen (secondary N) is 2. The van der Waals surface area contributed by atoms with Gasteiger partial charge in [0, 0.05) is 18.4 Å². The first-order valence-corrected chi connectivity index (χ1v) is 11.1. The largest absolute Gasteiger partial charge is 0.481 e. The average Bonchev–Trinajstić information content (AvgIpc) is 3.50. The number of rotatable bonds is 6. The zero-order valence-corrected chi connectivity index (χ0v) is 18.3. The van der Waals surface area contributed by atoms with Crippen LogP contribution in [-0.4, -0.2) is 34.4 Å². The molecule has 1 unspecified atom stereocenters. The Morgan fingerprint density at radius 2 is 1.76 bits per heavy atom. The van der Waals surface area contributed by atoms with Gasteiger partial charge in [-0.15, -0.1) is 0 Å². The van der Waals surface area contributed by atoms with Crippen molar-refractivity contribution in [1.82, 2.24) is 5.01 Å². The molecule has 0 saturated carbocycles. The maximum Gasteiger partial charge on any atom is 0.303 e. The SMILES string of the molecule is O=C(O)CCC(=O)N1N=C(c2ccc(-c3ccccc3)cc2F)CC1c1ccc2c(c1)NCN2. The van der Waals surface area contributed by atoms with Crippen molar-refractivity contribution >= 4 is 29.0 Å². The van der Waals surface area contributed by atoms with Gasteiger partial charge in [0.2, 0.25) is 5.91 Å². The predicted octanol–water partition coefficient (Wildman–Crippen LogP) is 4.83. The molecule has 172 valence electrons. The van der Waals surface area contributed by atoms with Gasteiger partial charge in [0.15, 0.2) is 0 Å². The van der Waals surface area contributed by atoms with Crippen molar-refractivity contribution in [2.24, 2.45) is 5.10 Å². The number of hydrogen-bond donors (Lipinski definition) is 3. The number of hydrazone groups is 1. The Morgan fingerprint density at radius 3 is 2.53 bits per heavy atom. The number of carbonyl (C=O) groups is 2. The molecule has 0 radical (unpaired) electrons. The van der Waals surface area contributed by atoms with E-state index in [0.717, 1.165) is 28.1 Å². The maximum atomic E-state index is 15.2. The molecule has 2 aliphatic rings. The summed E-state index contributed by atoms with van der Waals surface area (Å²) in [6.07, 6.45) is -0.141. The summed E-state index contributed by atoms with van der Waals surface area (Å²) in [5, 5.41) is 21.2. The first-order chi connectivity index (χ1) is 16.5. The van der Waals surface area contributed by atoms with Crippen LogP contribution in [0.3, 0.4) is 0 Å². The van der Waals surface area contributed by atoms with E-state index in [1.807, 2.05) is 54.6 Å². The van der Waals surface area contributed by atoms with Gasteiger partial charge in [0.25, 0.3) is 0 Å². The van der Waals surface area contributed by atoms with Crippen LogP contribution >= 0.6 is 0 Å². The topological polar surface area (TPSA) is 94.0 Å². The number of carboxylic acid groups (broad SMARTS) is 1. The summed E-state index contributed by atoms with van der Waals surface area (Å²) >= 11 is 0. The number of carboxylic acids is 1. The lowest BCUT2D eigenvalue weighted by Crippen LogP contribution is -2.27. The Bertz CT molecular complexity index is 1290. The van der Waals surface area contributed by atoms with Crippen LogP contribution in [0.2, 0.25) is 0 Å². The molecule has 0 saturated heterocycles. The van der Waals surface area contributed by atoms with Crippen LogP contribution in [0.15, 0.2) is 71.8 Å². The van der Waals surface area contributed by atoms with E-state index in [1.54, 1.807) is 6.07 Å². The van der Waals surface area contributed by atoms with Crippen LogP contribution in [0.4, 0.5) is 15.8 Å². The molecule has 0 bridgehead atoms. The number of nitrogens with zero attached hydrogens (tertiary/aromatic N) is 2. The van der Waals surface area contributed by atoms with Gasteiger partial charge in [-0.1, -0.05) is 42.5 Å². The molecule has 1 atom stereocenters. The highest BCUT2D eigenvalue weighted by atomic mass is 19.1. The summed E-state index contributed by atoms with van der Waals surface area (Å²) in [4.78, 5) is 23.9. The molecule has 7 nitrogen and oxygen atoms in total. The fourth-order valence-electron chi connectivity index (χ4n) is 4.35. The van der Waals surface area contributed by atoms with Crippen molar-refractivity contribution in [1.29, 1.82) is 0 Å². The standard InChI is InChI=1S/C26H23FN4O3/c27-20-12-17(16-4-2-1-3-5-16)6-8-19(20)22-14-24(31(30-22)25(32)10-11-26(33)34)18-7-9-21-23(13-18)29-15-28-21/h1-9,12-13,24,28-29H,10-11,14-15H2,(H,33,34). The van der Waals surface area contributed by atoms with Crippen molar-refractivity contribution in [2.75, 3.05) is 17.3 Å². The van der Waals surface area contributed by atoms with Gasteiger partial charge in [0.1, 0.15) is 5.82 Å². The zero-order chi connectivity index (χ0) is 23.7. The Labute approximate surface area is 195 Å². The normalized spacial score (nSPS) is 16.4. The van der Waals surface area contributed by atoms with Crippen molar-refractivity contribution in [3.63, 3.8) is 0 Å². The second-order valence-electron chi connectivity index (χ2n) is 8.29. The second-order valence-corrected chi connectivity index (χ2v) is 8.29. The molecule has 34 heavy (non-hydrogen) atoms. The van der Waals surface area contributed by atoms with Gasteiger partial charge >= 0.3 is 5.97 Å². The van der Waals surface area contributed by atoms with Crippen molar-refractivity contribution < 1.29 is 19.1 Å². The summed E-state index contributed by atoms with van der Waals surface area (Å²) in [6.45, 7) is 0.617. The Balaban J connectivity index is 1.47. The predicted molar refractivity (Wildman–Crippen MR) is 128 cm³/mol. The minimum Gasteiger partial charge on any atom is -0.481 e. The van der Waals surface area contributed by atoms with Crippen LogP contribution in [0.5, 0.6) is 0 Å². The highest BCUT2D eigenvalue weighted by Crippen LogP contribution is 2.38. The van der Waals surface area contributed by atoms with E-state index in [9.17, 15) is 9.59 Å². The van der Waals surface area contributed by atoms with E-state index in [1.165, 1.54) is 11.1 Å². The number of halogens is 1. The summed E-state index contributed by atoms with van der Waals surface area (Å²) < 4.78 is 15.2. The Kier molecular flexibility index (Phi) is 5.71. The van der Waals surface area contributed by atoms with Crippen molar-refractivity contribution in [3.05, 3.63) is 83.7 Å². The van der Waals surface area contributed by atoms with E-state index in [-0.39, 0.29) is 12.8 Å². The molecule has 3 aromatic carbocycles. The molecule has 3 aromatic rings. The summed E-state index contributed by atoms with van der Waals surface area (Å²) in [5.41, 5.74) is 5.18. The molecule has 0 spiro atoms. The third-order valence-corrected chi connectivity index (χ3v) is 6.09. The molecular weight excluding hydrogens is 435 g/mol. The Hall–Kier alpha value is -4.20. The van der Waals surface area contributed by atoms with E-state index in [4.69, 9.17) is 5.11 Å². The molecular formula is C26H23FN4O3. The number of carbonyl (C=O) groups excluding carboxylic acids is 1. The number of amides is 1. The molecule has 5 rings (SSSR count). The van der Waals surface area contributed by atoms with Crippen molar-refractivity contribution in [2.45, 2.75) is 25.3 Å². The fourth-order valence-corrected chi connectivity index (χ4v) is 4.35. The number of fused-ring (bicyclic) bond motifs is 1. The maximum absolute atomic E-state index is 15.2. The van der Waals surface area contributed by atoms with Crippen LogP contribution in [0, 0.1) is 5.82 Å². The first kappa shape index (κ1) is 21.6. The number of benzene rings is 3. The highest BCUT2D eigenvalue weighted by molar-refractivity contribution is 6.04. The van der Waals surface area contributed by atoms with Crippen LogP contribution in [0.1, 0.15) is 36.4 Å². The molecule has 0 fully saturated rings. The van der Waals surface area contributed by atoms with Crippen LogP contribution in [0.25, 0.3) is 11.1 Å². The minimum atomic E-state index is -1.05. The van der Waals surface area contributed by atoms with E-state index >= 15 is 4.39 Å². The highest BCUT2D eigenvalue weighted by Gasteiger charge is 2.34. The monoisotopic (exact) mass is 458 g/mol. The van der Waals surface area contributed by atoms with Gasteiger partial charge in [-0.25, -0.2) is 9.40 Å². The second kappa shape index (κ2) is 8.97. The molecule has 8 heteroatoms. The number of aliphatic carboxylic acids is 1. The van der Waals surface area contributed by atoms with Crippen LogP contribution < -0.4 is 10.6 Å². The summed E-state index contributed by atoms with van der Waals surface area (Å²) in [5.74, 6) is -1.88. The van der Waals surface area contributed by atoms with Crippen LogP contribution in [-0.2, 0) is 9.59 Å².